The second-order valence-corrected chi connectivity index (χ2v) is 20.0. The fraction of sp³-hybridized carbons (Fsp3) is 1.00. The largest absolute Gasteiger partial charge is 0.374 e. The predicted molar refractivity (Wildman–Crippen MR) is 190 cm³/mol. The Kier molecular flexibility index (Phi) is 9.65. The van der Waals surface area contributed by atoms with Crippen molar-refractivity contribution in [3.63, 3.8) is 0 Å². The fourth-order valence-corrected chi connectivity index (χ4v) is 17.1. The molecule has 9 rings (SSSR count). The Morgan fingerprint density at radius 3 is 1.82 bits per heavy atom. The Bertz CT molecular complexity index is 966. The van der Waals surface area contributed by atoms with Crippen LogP contribution in [0.25, 0.3) is 0 Å². The van der Waals surface area contributed by atoms with Crippen LogP contribution in [-0.2, 0) is 4.74 Å². The number of thioether (sulfide) groups is 1. The lowest BCUT2D eigenvalue weighted by molar-refractivity contribution is -0.0198. The summed E-state index contributed by atoms with van der Waals surface area (Å²) in [5, 5.41) is 1.86. The second kappa shape index (κ2) is 13.9. The Morgan fingerprint density at radius 1 is 0.400 bits per heavy atom. The van der Waals surface area contributed by atoms with Gasteiger partial charge in [0.1, 0.15) is 0 Å². The number of hydrogen-bond acceptors (Lipinski definition) is 3. The molecule has 7 saturated carbocycles. The van der Waals surface area contributed by atoms with Crippen molar-refractivity contribution in [2.45, 2.75) is 214 Å². The van der Waals surface area contributed by atoms with Gasteiger partial charge in [0, 0.05) is 34.5 Å². The molecule has 45 heavy (non-hydrogen) atoms. The maximum absolute atomic E-state index is 6.90. The predicted octanol–water partition coefficient (Wildman–Crippen LogP) is 11.2. The molecule has 0 spiro atoms. The van der Waals surface area contributed by atoms with E-state index in [1.54, 1.807) is 70.6 Å². The van der Waals surface area contributed by atoms with Crippen molar-refractivity contribution in [1.82, 2.24) is 4.90 Å². The highest BCUT2D eigenvalue weighted by molar-refractivity contribution is 8.00. The van der Waals surface area contributed by atoms with E-state index in [1.165, 1.54) is 103 Å². The molecule has 3 heteroatoms. The summed E-state index contributed by atoms with van der Waals surface area (Å²) in [6, 6.07) is 2.69. The Balaban J connectivity index is 0.966. The molecule has 0 aromatic rings. The topological polar surface area (TPSA) is 12.5 Å². The lowest BCUT2D eigenvalue weighted by atomic mass is 9.64. The Labute approximate surface area is 282 Å². The maximum Gasteiger partial charge on any atom is 0.0621 e. The molecule has 0 aromatic carbocycles. The van der Waals surface area contributed by atoms with Crippen molar-refractivity contribution >= 4 is 11.8 Å². The summed E-state index contributed by atoms with van der Waals surface area (Å²) < 4.78 is 6.90. The van der Waals surface area contributed by atoms with Gasteiger partial charge >= 0.3 is 0 Å². The molecule has 11 unspecified atom stereocenters. The van der Waals surface area contributed by atoms with Crippen molar-refractivity contribution in [2.24, 2.45) is 47.3 Å². The van der Waals surface area contributed by atoms with Crippen molar-refractivity contribution in [3.8, 4) is 0 Å². The van der Waals surface area contributed by atoms with Crippen LogP contribution in [0.3, 0.4) is 0 Å². The van der Waals surface area contributed by atoms with Gasteiger partial charge in [0.25, 0.3) is 0 Å². The van der Waals surface area contributed by atoms with E-state index in [1.807, 2.05) is 0 Å². The third-order valence-corrected chi connectivity index (χ3v) is 18.6. The van der Waals surface area contributed by atoms with Gasteiger partial charge in [0.05, 0.1) is 12.2 Å². The number of rotatable bonds is 5. The molecule has 9 fully saturated rings. The zero-order valence-corrected chi connectivity index (χ0v) is 29.8. The van der Waals surface area contributed by atoms with Gasteiger partial charge in [0.2, 0.25) is 0 Å². The molecule has 0 aromatic heterocycles. The molecule has 0 radical (unpaired) electrons. The molecule has 2 nitrogen and oxygen atoms in total. The first-order valence-electron chi connectivity index (χ1n) is 21.4. The quantitative estimate of drug-likeness (QED) is 0.298. The smallest absolute Gasteiger partial charge is 0.0621 e. The fourth-order valence-electron chi connectivity index (χ4n) is 14.6. The van der Waals surface area contributed by atoms with E-state index in [-0.39, 0.29) is 0 Å². The van der Waals surface area contributed by atoms with Gasteiger partial charge in [-0.2, -0.15) is 11.8 Å². The molecule has 0 bridgehead atoms. The van der Waals surface area contributed by atoms with Gasteiger partial charge in [-0.15, -0.1) is 0 Å². The van der Waals surface area contributed by atoms with Crippen LogP contribution in [0.1, 0.15) is 173 Å². The highest BCUT2D eigenvalue weighted by atomic mass is 32.2. The molecule has 2 aliphatic heterocycles. The van der Waals surface area contributed by atoms with Gasteiger partial charge in [-0.05, 0) is 118 Å². The van der Waals surface area contributed by atoms with Crippen LogP contribution in [0.4, 0.5) is 0 Å². The van der Waals surface area contributed by atoms with Gasteiger partial charge in [-0.3, -0.25) is 4.90 Å². The number of fused-ring (bicyclic) bond motifs is 7. The Hall–Kier alpha value is 0.270. The minimum absolute atomic E-state index is 0.617. The van der Waals surface area contributed by atoms with Crippen LogP contribution in [0.5, 0.6) is 0 Å². The summed E-state index contributed by atoms with van der Waals surface area (Å²) in [6.07, 6.45) is 42.3. The average Bonchev–Trinajstić information content (AvgIpc) is 3.69. The van der Waals surface area contributed by atoms with E-state index in [2.05, 4.69) is 16.7 Å². The van der Waals surface area contributed by atoms with Crippen molar-refractivity contribution < 1.29 is 4.74 Å². The molecule has 0 N–H and O–H groups in total. The Morgan fingerprint density at radius 2 is 1.02 bits per heavy atom. The van der Waals surface area contributed by atoms with Crippen LogP contribution < -0.4 is 0 Å². The maximum atomic E-state index is 6.90. The zero-order chi connectivity index (χ0) is 29.7. The SMILES string of the molecule is C1CCC(C2CCC(N(C3CCCC(C4CCCCC4)C3)C3CCCC4C5CCC6OC7CCCCC7C6C5SC43)CC2)CC1. The summed E-state index contributed by atoms with van der Waals surface area (Å²) in [5.41, 5.74) is 0. The summed E-state index contributed by atoms with van der Waals surface area (Å²) in [7, 11) is 0. The zero-order valence-electron chi connectivity index (χ0n) is 29.0. The second-order valence-electron chi connectivity index (χ2n) is 18.6. The first kappa shape index (κ1) is 31.3. The van der Waals surface area contributed by atoms with E-state index in [0.717, 1.165) is 76.0 Å². The highest BCUT2D eigenvalue weighted by Crippen LogP contribution is 2.62. The van der Waals surface area contributed by atoms with E-state index < -0.39 is 0 Å². The summed E-state index contributed by atoms with van der Waals surface area (Å²) in [5.74, 6) is 8.09. The molecule has 2 saturated heterocycles. The standard InChI is InChI=1S/C42H69NOS/c1-3-11-28(12-4-1)30-21-23-32(24-22-30)43(33-16-9-15-31(27-33)29-13-5-2-6-14-29)37-19-10-18-34-35-25-26-39-40(42(35)45-41(34)37)36-17-7-8-20-38(36)44-39/h28-42H,1-27H2. The number of nitrogens with zero attached hydrogens (tertiary/aromatic N) is 1. The van der Waals surface area contributed by atoms with E-state index in [9.17, 15) is 0 Å². The number of ether oxygens (including phenoxy) is 1. The average molecular weight is 636 g/mol. The van der Waals surface area contributed by atoms with Crippen LogP contribution in [0, 0.1) is 47.3 Å². The minimum atomic E-state index is 0.617. The molecular weight excluding hydrogens is 567 g/mol. The van der Waals surface area contributed by atoms with E-state index in [4.69, 9.17) is 4.74 Å². The van der Waals surface area contributed by atoms with Gasteiger partial charge in [0.15, 0.2) is 0 Å². The van der Waals surface area contributed by atoms with Gasteiger partial charge < -0.3 is 4.74 Å². The monoisotopic (exact) mass is 636 g/mol. The third-order valence-electron chi connectivity index (χ3n) is 16.6. The first-order chi connectivity index (χ1) is 22.3. The molecule has 11 atom stereocenters. The normalized spacial score (nSPS) is 49.7. The van der Waals surface area contributed by atoms with Crippen molar-refractivity contribution in [1.29, 1.82) is 0 Å². The molecule has 7 aliphatic carbocycles. The van der Waals surface area contributed by atoms with Crippen LogP contribution in [0.15, 0.2) is 0 Å². The van der Waals surface area contributed by atoms with Gasteiger partial charge in [-0.25, -0.2) is 0 Å². The van der Waals surface area contributed by atoms with Crippen molar-refractivity contribution in [2.75, 3.05) is 0 Å². The van der Waals surface area contributed by atoms with Crippen LogP contribution in [-0.4, -0.2) is 45.7 Å². The highest BCUT2D eigenvalue weighted by Gasteiger charge is 2.60. The lowest BCUT2D eigenvalue weighted by Crippen LogP contribution is -2.57. The van der Waals surface area contributed by atoms with Gasteiger partial charge in [-0.1, -0.05) is 96.3 Å². The van der Waals surface area contributed by atoms with Crippen molar-refractivity contribution in [3.05, 3.63) is 0 Å². The first-order valence-corrected chi connectivity index (χ1v) is 22.3. The lowest BCUT2D eigenvalue weighted by Gasteiger charge is -2.53. The third kappa shape index (κ3) is 6.06. The summed E-state index contributed by atoms with van der Waals surface area (Å²) in [4.78, 5) is 3.42. The molecule has 2 heterocycles. The van der Waals surface area contributed by atoms with E-state index >= 15 is 0 Å². The molecule has 9 aliphatic rings. The summed E-state index contributed by atoms with van der Waals surface area (Å²) in [6.45, 7) is 0. The number of hydrogen-bond donors (Lipinski definition) is 0. The summed E-state index contributed by atoms with van der Waals surface area (Å²) >= 11 is 2.61. The van der Waals surface area contributed by atoms with E-state index in [0.29, 0.717) is 12.2 Å². The molecular formula is C42H69NOS. The van der Waals surface area contributed by atoms with Crippen LogP contribution in [0.2, 0.25) is 0 Å². The molecule has 0 amide bonds. The minimum Gasteiger partial charge on any atom is -0.374 e. The molecule has 254 valence electrons. The van der Waals surface area contributed by atoms with Crippen LogP contribution >= 0.6 is 11.8 Å².